The Morgan fingerprint density at radius 3 is 2.14 bits per heavy atom. The molecule has 4 rings (SSSR count). The van der Waals surface area contributed by atoms with Crippen molar-refractivity contribution in [2.45, 2.75) is 32.9 Å². The zero-order chi connectivity index (χ0) is 25.1. The molecule has 182 valence electrons. The van der Waals surface area contributed by atoms with Gasteiger partial charge < -0.3 is 24.4 Å². The number of nitrogens with one attached hydrogen (secondary N) is 1. The summed E-state index contributed by atoms with van der Waals surface area (Å²) < 4.78 is 16.5. The molecular formula is C28H30N2O5. The molecule has 7 nitrogen and oxygen atoms in total. The topological polar surface area (TPSA) is 77.1 Å². The van der Waals surface area contributed by atoms with E-state index in [-0.39, 0.29) is 18.2 Å². The number of rotatable bonds is 8. The number of nitrogens with zero attached hydrogens (tertiary/aromatic N) is 1. The first kappa shape index (κ1) is 24.1. The van der Waals surface area contributed by atoms with Gasteiger partial charge in [-0.2, -0.15) is 0 Å². The van der Waals surface area contributed by atoms with Crippen LogP contribution in [0.2, 0.25) is 0 Å². The van der Waals surface area contributed by atoms with E-state index in [1.807, 2.05) is 50.2 Å². The zero-order valence-electron chi connectivity index (χ0n) is 20.7. The van der Waals surface area contributed by atoms with Crippen LogP contribution in [0.5, 0.6) is 17.2 Å². The minimum absolute atomic E-state index is 0.0609. The Bertz CT molecular complexity index is 1220. The van der Waals surface area contributed by atoms with Crippen molar-refractivity contribution in [2.75, 3.05) is 26.6 Å². The van der Waals surface area contributed by atoms with Gasteiger partial charge in [-0.25, -0.2) is 0 Å². The molecule has 1 aliphatic rings. The molecule has 0 aliphatic carbocycles. The van der Waals surface area contributed by atoms with E-state index in [0.29, 0.717) is 29.4 Å². The van der Waals surface area contributed by atoms with Crippen molar-refractivity contribution in [1.29, 1.82) is 0 Å². The van der Waals surface area contributed by atoms with Crippen LogP contribution in [0.15, 0.2) is 54.6 Å². The number of aryl methyl sites for hydroxylation is 2. The fourth-order valence-electron chi connectivity index (χ4n) is 4.66. The summed E-state index contributed by atoms with van der Waals surface area (Å²) >= 11 is 0. The van der Waals surface area contributed by atoms with E-state index in [0.717, 1.165) is 27.9 Å². The summed E-state index contributed by atoms with van der Waals surface area (Å²) in [4.78, 5) is 28.4. The minimum atomic E-state index is -0.547. The van der Waals surface area contributed by atoms with Crippen LogP contribution in [0.4, 0.5) is 5.69 Å². The summed E-state index contributed by atoms with van der Waals surface area (Å²) in [5, 5.41) is 3.00. The van der Waals surface area contributed by atoms with E-state index in [1.165, 1.54) is 7.11 Å². The number of hydrogen-bond donors (Lipinski definition) is 1. The first-order valence-corrected chi connectivity index (χ1v) is 11.4. The molecule has 2 amide bonds. The van der Waals surface area contributed by atoms with E-state index < -0.39 is 6.04 Å². The lowest BCUT2D eigenvalue weighted by Gasteiger charge is -2.29. The van der Waals surface area contributed by atoms with Gasteiger partial charge in [0.15, 0.2) is 11.5 Å². The van der Waals surface area contributed by atoms with E-state index in [2.05, 4.69) is 11.4 Å². The van der Waals surface area contributed by atoms with Crippen LogP contribution < -0.4 is 19.5 Å². The van der Waals surface area contributed by atoms with Gasteiger partial charge >= 0.3 is 0 Å². The molecule has 0 spiro atoms. The third-order valence-corrected chi connectivity index (χ3v) is 6.18. The SMILES string of the molecule is COc1cc([C@@H](CC(=O)Nc2cc(C)cc(C)c2)N2Cc3ccccc3C2=O)cc(OC)c1OC. The van der Waals surface area contributed by atoms with E-state index in [4.69, 9.17) is 14.2 Å². The molecule has 0 unspecified atom stereocenters. The molecule has 1 N–H and O–H groups in total. The fourth-order valence-corrected chi connectivity index (χ4v) is 4.66. The molecule has 0 fully saturated rings. The van der Waals surface area contributed by atoms with Gasteiger partial charge in [0.2, 0.25) is 11.7 Å². The normalized spacial score (nSPS) is 13.3. The summed E-state index contributed by atoms with van der Waals surface area (Å²) in [6.07, 6.45) is 0.0609. The monoisotopic (exact) mass is 474 g/mol. The van der Waals surface area contributed by atoms with Gasteiger partial charge in [-0.05, 0) is 66.4 Å². The van der Waals surface area contributed by atoms with Crippen molar-refractivity contribution in [3.63, 3.8) is 0 Å². The van der Waals surface area contributed by atoms with E-state index in [9.17, 15) is 9.59 Å². The second-order valence-electron chi connectivity index (χ2n) is 8.69. The maximum absolute atomic E-state index is 13.4. The quantitative estimate of drug-likeness (QED) is 0.494. The Morgan fingerprint density at radius 2 is 1.57 bits per heavy atom. The number of amides is 2. The third kappa shape index (κ3) is 4.94. The van der Waals surface area contributed by atoms with Gasteiger partial charge in [-0.3, -0.25) is 9.59 Å². The molecular weight excluding hydrogens is 444 g/mol. The largest absolute Gasteiger partial charge is 0.493 e. The zero-order valence-corrected chi connectivity index (χ0v) is 20.7. The van der Waals surface area contributed by atoms with Crippen LogP contribution in [0.25, 0.3) is 0 Å². The highest BCUT2D eigenvalue weighted by atomic mass is 16.5. The number of methoxy groups -OCH3 is 3. The predicted octanol–water partition coefficient (Wildman–Crippen LogP) is 5.06. The Hall–Kier alpha value is -4.00. The van der Waals surface area contributed by atoms with Gasteiger partial charge in [-0.15, -0.1) is 0 Å². The van der Waals surface area contributed by atoms with Crippen LogP contribution in [0.3, 0.4) is 0 Å². The number of fused-ring (bicyclic) bond motifs is 1. The highest BCUT2D eigenvalue weighted by Gasteiger charge is 2.35. The summed E-state index contributed by atoms with van der Waals surface area (Å²) in [5.74, 6) is 1.07. The molecule has 0 radical (unpaired) electrons. The molecule has 7 heteroatoms. The van der Waals surface area contributed by atoms with Gasteiger partial charge in [0.25, 0.3) is 5.91 Å². The summed E-state index contributed by atoms with van der Waals surface area (Å²) in [7, 11) is 4.62. The lowest BCUT2D eigenvalue weighted by molar-refractivity contribution is -0.117. The average Bonchev–Trinajstić information content (AvgIpc) is 3.17. The average molecular weight is 475 g/mol. The second kappa shape index (κ2) is 10.1. The Labute approximate surface area is 205 Å². The van der Waals surface area contributed by atoms with Crippen molar-refractivity contribution >= 4 is 17.5 Å². The Kier molecular flexibility index (Phi) is 6.96. The van der Waals surface area contributed by atoms with Crippen molar-refractivity contribution in [1.82, 2.24) is 4.90 Å². The molecule has 3 aromatic carbocycles. The smallest absolute Gasteiger partial charge is 0.255 e. The van der Waals surface area contributed by atoms with E-state index in [1.54, 1.807) is 31.3 Å². The van der Waals surface area contributed by atoms with Crippen LogP contribution in [-0.4, -0.2) is 38.0 Å². The fraction of sp³-hybridized carbons (Fsp3) is 0.286. The highest BCUT2D eigenvalue weighted by molar-refractivity contribution is 5.99. The van der Waals surface area contributed by atoms with Crippen LogP contribution in [-0.2, 0) is 11.3 Å². The lowest BCUT2D eigenvalue weighted by Crippen LogP contribution is -2.32. The Balaban J connectivity index is 1.72. The van der Waals surface area contributed by atoms with Crippen molar-refractivity contribution in [2.24, 2.45) is 0 Å². The summed E-state index contributed by atoms with van der Waals surface area (Å²) in [5.41, 5.74) is 5.16. The van der Waals surface area contributed by atoms with Crippen molar-refractivity contribution in [3.8, 4) is 17.2 Å². The van der Waals surface area contributed by atoms with Crippen molar-refractivity contribution in [3.05, 3.63) is 82.4 Å². The molecule has 35 heavy (non-hydrogen) atoms. The summed E-state index contributed by atoms with van der Waals surface area (Å²) in [6, 6.07) is 16.5. The first-order valence-electron chi connectivity index (χ1n) is 11.4. The first-order chi connectivity index (χ1) is 16.8. The summed E-state index contributed by atoms with van der Waals surface area (Å²) in [6.45, 7) is 4.39. The van der Waals surface area contributed by atoms with E-state index >= 15 is 0 Å². The van der Waals surface area contributed by atoms with Gasteiger partial charge in [0.1, 0.15) is 0 Å². The number of carbonyl (C=O) groups is 2. The van der Waals surface area contributed by atoms with Crippen LogP contribution >= 0.6 is 0 Å². The minimum Gasteiger partial charge on any atom is -0.493 e. The number of hydrogen-bond acceptors (Lipinski definition) is 5. The third-order valence-electron chi connectivity index (χ3n) is 6.18. The van der Waals surface area contributed by atoms with Gasteiger partial charge in [-0.1, -0.05) is 24.3 Å². The molecule has 1 aliphatic heterocycles. The molecule has 0 aromatic heterocycles. The maximum Gasteiger partial charge on any atom is 0.255 e. The van der Waals surface area contributed by atoms with Crippen LogP contribution in [0.1, 0.15) is 45.1 Å². The van der Waals surface area contributed by atoms with Gasteiger partial charge in [0, 0.05) is 17.8 Å². The number of ether oxygens (including phenoxy) is 3. The highest BCUT2D eigenvalue weighted by Crippen LogP contribution is 2.43. The Morgan fingerprint density at radius 1 is 0.943 bits per heavy atom. The number of carbonyl (C=O) groups excluding carboxylic acids is 2. The lowest BCUT2D eigenvalue weighted by atomic mass is 10.00. The van der Waals surface area contributed by atoms with Crippen molar-refractivity contribution < 1.29 is 23.8 Å². The molecule has 0 saturated carbocycles. The van der Waals surface area contributed by atoms with Crippen LogP contribution in [0, 0.1) is 13.8 Å². The standard InChI is InChI=1S/C28H30N2O5/c1-17-10-18(2)12-21(11-17)29-26(31)15-23(30-16-19-8-6-7-9-22(19)28(30)32)20-13-24(33-3)27(35-5)25(14-20)34-4/h6-14,23H,15-16H2,1-5H3,(H,29,31)/t23-/m1/s1. The number of benzene rings is 3. The molecule has 1 atom stereocenters. The second-order valence-corrected chi connectivity index (χ2v) is 8.69. The predicted molar refractivity (Wildman–Crippen MR) is 134 cm³/mol. The number of anilines is 1. The molecule has 0 saturated heterocycles. The molecule has 0 bridgehead atoms. The maximum atomic E-state index is 13.4. The molecule has 1 heterocycles. The molecule has 3 aromatic rings. The van der Waals surface area contributed by atoms with Gasteiger partial charge in [0.05, 0.1) is 33.8 Å².